The highest BCUT2D eigenvalue weighted by Gasteiger charge is 2.30. The topological polar surface area (TPSA) is 35.6 Å². The zero-order valence-electron chi connectivity index (χ0n) is 15.3. The Morgan fingerprint density at radius 2 is 1.68 bits per heavy atom. The third kappa shape index (κ3) is 4.27. The summed E-state index contributed by atoms with van der Waals surface area (Å²) in [4.78, 5) is 17.8. The molecule has 1 heterocycles. The zero-order valence-corrected chi connectivity index (χ0v) is 15.3. The Morgan fingerprint density at radius 1 is 1.00 bits per heavy atom. The molecule has 0 saturated carbocycles. The molecule has 2 aromatic carbocycles. The molecule has 0 bridgehead atoms. The monoisotopic (exact) mass is 337 g/mol. The second-order valence-electron chi connectivity index (χ2n) is 6.96. The molecule has 132 valence electrons. The average molecular weight is 337 g/mol. The quantitative estimate of drug-likeness (QED) is 0.930. The van der Waals surface area contributed by atoms with Crippen molar-refractivity contribution in [3.05, 3.63) is 65.2 Å². The number of anilines is 1. The third-order valence-electron chi connectivity index (χ3n) is 4.92. The summed E-state index contributed by atoms with van der Waals surface area (Å²) in [6.45, 7) is 7.85. The van der Waals surface area contributed by atoms with Crippen molar-refractivity contribution in [1.82, 2.24) is 9.80 Å². The van der Waals surface area contributed by atoms with Crippen LogP contribution in [0.3, 0.4) is 0 Å². The van der Waals surface area contributed by atoms with Crippen molar-refractivity contribution in [3.8, 4) is 0 Å². The van der Waals surface area contributed by atoms with Crippen molar-refractivity contribution in [2.75, 3.05) is 38.5 Å². The molecule has 1 fully saturated rings. The van der Waals surface area contributed by atoms with E-state index in [1.54, 1.807) is 0 Å². The Balaban J connectivity index is 1.86. The lowest BCUT2D eigenvalue weighted by molar-refractivity contribution is -0.122. The number of rotatable bonds is 4. The number of carbonyl (C=O) groups excluding carboxylic acids is 1. The predicted molar refractivity (Wildman–Crippen MR) is 103 cm³/mol. The number of likely N-dealkylation sites (N-methyl/N-ethyl adjacent to an activating group) is 1. The van der Waals surface area contributed by atoms with Gasteiger partial charge >= 0.3 is 0 Å². The van der Waals surface area contributed by atoms with Crippen LogP contribution < -0.4 is 5.32 Å². The van der Waals surface area contributed by atoms with Gasteiger partial charge in [0.15, 0.2) is 0 Å². The molecular weight excluding hydrogens is 310 g/mol. The number of nitrogens with one attached hydrogen (secondary N) is 1. The molecule has 1 atom stereocenters. The SMILES string of the molecule is Cc1ccc(C)c(NC(=O)[C@H](c2ccccc2)N2CCN(C)CC2)c1. The Labute approximate surface area is 150 Å². The highest BCUT2D eigenvalue weighted by molar-refractivity contribution is 5.96. The summed E-state index contributed by atoms with van der Waals surface area (Å²) in [6.07, 6.45) is 0. The Morgan fingerprint density at radius 3 is 2.36 bits per heavy atom. The molecule has 4 nitrogen and oxygen atoms in total. The fourth-order valence-electron chi connectivity index (χ4n) is 3.32. The maximum absolute atomic E-state index is 13.2. The Bertz CT molecular complexity index is 721. The van der Waals surface area contributed by atoms with Crippen LogP contribution >= 0.6 is 0 Å². The van der Waals surface area contributed by atoms with E-state index >= 15 is 0 Å². The molecule has 1 saturated heterocycles. The van der Waals surface area contributed by atoms with Crippen molar-refractivity contribution >= 4 is 11.6 Å². The van der Waals surface area contributed by atoms with Gasteiger partial charge in [0, 0.05) is 31.9 Å². The van der Waals surface area contributed by atoms with Gasteiger partial charge < -0.3 is 10.2 Å². The van der Waals surface area contributed by atoms with Gasteiger partial charge in [0.25, 0.3) is 0 Å². The molecule has 3 rings (SSSR count). The largest absolute Gasteiger partial charge is 0.324 e. The van der Waals surface area contributed by atoms with Crippen molar-refractivity contribution < 1.29 is 4.79 Å². The molecule has 0 spiro atoms. The molecule has 0 unspecified atom stereocenters. The minimum atomic E-state index is -0.255. The van der Waals surface area contributed by atoms with Crippen molar-refractivity contribution in [3.63, 3.8) is 0 Å². The van der Waals surface area contributed by atoms with E-state index in [1.807, 2.05) is 50.2 Å². The fraction of sp³-hybridized carbons (Fsp3) is 0.381. The Hall–Kier alpha value is -2.17. The summed E-state index contributed by atoms with van der Waals surface area (Å²) in [5, 5.41) is 3.16. The maximum Gasteiger partial charge on any atom is 0.246 e. The summed E-state index contributed by atoms with van der Waals surface area (Å²) in [6, 6.07) is 16.0. The number of aryl methyl sites for hydroxylation is 2. The fourth-order valence-corrected chi connectivity index (χ4v) is 3.32. The Kier molecular flexibility index (Phi) is 5.51. The van der Waals surface area contributed by atoms with Crippen LogP contribution in [0, 0.1) is 13.8 Å². The molecule has 1 N–H and O–H groups in total. The normalized spacial score (nSPS) is 17.2. The highest BCUT2D eigenvalue weighted by Crippen LogP contribution is 2.25. The van der Waals surface area contributed by atoms with Crippen LogP contribution in [0.2, 0.25) is 0 Å². The van der Waals surface area contributed by atoms with E-state index in [2.05, 4.69) is 34.3 Å². The van der Waals surface area contributed by atoms with Crippen LogP contribution in [0.4, 0.5) is 5.69 Å². The first-order chi connectivity index (χ1) is 12.0. The van der Waals surface area contributed by atoms with Gasteiger partial charge in [0.2, 0.25) is 5.91 Å². The van der Waals surface area contributed by atoms with Gasteiger partial charge in [-0.3, -0.25) is 9.69 Å². The van der Waals surface area contributed by atoms with Gasteiger partial charge in [-0.25, -0.2) is 0 Å². The molecule has 4 heteroatoms. The van der Waals surface area contributed by atoms with E-state index in [0.717, 1.165) is 48.6 Å². The van der Waals surface area contributed by atoms with Gasteiger partial charge in [0.1, 0.15) is 6.04 Å². The highest BCUT2D eigenvalue weighted by atomic mass is 16.2. The minimum absolute atomic E-state index is 0.0458. The van der Waals surface area contributed by atoms with Crippen molar-refractivity contribution in [1.29, 1.82) is 0 Å². The molecule has 0 aromatic heterocycles. The van der Waals surface area contributed by atoms with E-state index < -0.39 is 0 Å². The van der Waals surface area contributed by atoms with Gasteiger partial charge in [0.05, 0.1) is 0 Å². The lowest BCUT2D eigenvalue weighted by Gasteiger charge is -2.37. The molecule has 0 aliphatic carbocycles. The average Bonchev–Trinajstić information content (AvgIpc) is 2.61. The van der Waals surface area contributed by atoms with E-state index in [4.69, 9.17) is 0 Å². The number of hydrogen-bond acceptors (Lipinski definition) is 3. The molecule has 1 aliphatic rings. The zero-order chi connectivity index (χ0) is 17.8. The molecule has 1 aliphatic heterocycles. The van der Waals surface area contributed by atoms with Crippen LogP contribution in [0.5, 0.6) is 0 Å². The number of benzene rings is 2. The number of nitrogens with zero attached hydrogens (tertiary/aromatic N) is 2. The van der Waals surface area contributed by atoms with Gasteiger partial charge in [-0.15, -0.1) is 0 Å². The summed E-state index contributed by atoms with van der Waals surface area (Å²) in [5.41, 5.74) is 4.19. The lowest BCUT2D eigenvalue weighted by atomic mass is 10.0. The number of hydrogen-bond donors (Lipinski definition) is 1. The molecule has 1 amide bonds. The summed E-state index contributed by atoms with van der Waals surface area (Å²) >= 11 is 0. The summed E-state index contributed by atoms with van der Waals surface area (Å²) in [5.74, 6) is 0.0458. The lowest BCUT2D eigenvalue weighted by Crippen LogP contribution is -2.48. The molecule has 0 radical (unpaired) electrons. The first kappa shape index (κ1) is 17.6. The standard InChI is InChI=1S/C21H27N3O/c1-16-9-10-17(2)19(15-16)22-21(25)20(18-7-5-4-6-8-18)24-13-11-23(3)12-14-24/h4-10,15,20H,11-14H2,1-3H3,(H,22,25)/t20-/m0/s1. The van der Waals surface area contributed by atoms with E-state index in [1.165, 1.54) is 0 Å². The molecular formula is C21H27N3O. The van der Waals surface area contributed by atoms with Crippen LogP contribution in [0.1, 0.15) is 22.7 Å². The summed E-state index contributed by atoms with van der Waals surface area (Å²) in [7, 11) is 2.13. The first-order valence-electron chi connectivity index (χ1n) is 8.90. The molecule has 25 heavy (non-hydrogen) atoms. The van der Waals surface area contributed by atoms with Gasteiger partial charge in [-0.1, -0.05) is 42.5 Å². The van der Waals surface area contributed by atoms with Gasteiger partial charge in [-0.05, 0) is 43.7 Å². The molecule has 2 aromatic rings. The van der Waals surface area contributed by atoms with Crippen LogP contribution in [0.25, 0.3) is 0 Å². The minimum Gasteiger partial charge on any atom is -0.324 e. The van der Waals surface area contributed by atoms with Crippen LogP contribution in [-0.4, -0.2) is 48.9 Å². The van der Waals surface area contributed by atoms with E-state index in [0.29, 0.717) is 0 Å². The predicted octanol–water partition coefficient (Wildman–Crippen LogP) is 3.23. The first-order valence-corrected chi connectivity index (χ1v) is 8.90. The third-order valence-corrected chi connectivity index (χ3v) is 4.92. The van der Waals surface area contributed by atoms with Crippen molar-refractivity contribution in [2.45, 2.75) is 19.9 Å². The number of amides is 1. The maximum atomic E-state index is 13.2. The van der Waals surface area contributed by atoms with E-state index in [9.17, 15) is 4.79 Å². The number of piperazine rings is 1. The smallest absolute Gasteiger partial charge is 0.246 e. The summed E-state index contributed by atoms with van der Waals surface area (Å²) < 4.78 is 0. The second-order valence-corrected chi connectivity index (χ2v) is 6.96. The van der Waals surface area contributed by atoms with Crippen LogP contribution in [-0.2, 0) is 4.79 Å². The van der Waals surface area contributed by atoms with E-state index in [-0.39, 0.29) is 11.9 Å². The second kappa shape index (κ2) is 7.81. The van der Waals surface area contributed by atoms with Gasteiger partial charge in [-0.2, -0.15) is 0 Å². The van der Waals surface area contributed by atoms with Crippen molar-refractivity contribution in [2.24, 2.45) is 0 Å². The number of carbonyl (C=O) groups is 1. The van der Waals surface area contributed by atoms with Crippen LogP contribution in [0.15, 0.2) is 48.5 Å².